The van der Waals surface area contributed by atoms with E-state index in [0.717, 1.165) is 6.42 Å². The largest absolute Gasteiger partial charge is 0.135 e. The Kier molecular flexibility index (Phi) is 5.85. The highest BCUT2D eigenvalue weighted by molar-refractivity contribution is 7.22. The first-order valence-electron chi connectivity index (χ1n) is 15.2. The molecule has 0 saturated heterocycles. The zero-order valence-corrected chi connectivity index (χ0v) is 24.9. The van der Waals surface area contributed by atoms with Gasteiger partial charge in [0, 0.05) is 20.5 Å². The maximum absolute atomic E-state index is 2.44. The van der Waals surface area contributed by atoms with Gasteiger partial charge in [-0.3, -0.25) is 0 Å². The molecule has 1 aliphatic carbocycles. The van der Waals surface area contributed by atoms with Crippen molar-refractivity contribution in [3.63, 3.8) is 0 Å². The molecule has 0 unspecified atom stereocenters. The third kappa shape index (κ3) is 4.20. The summed E-state index contributed by atoms with van der Waals surface area (Å²) in [6.45, 7) is 0. The van der Waals surface area contributed by atoms with Crippen LogP contribution in [0.2, 0.25) is 0 Å². The van der Waals surface area contributed by atoms with Gasteiger partial charge >= 0.3 is 0 Å². The van der Waals surface area contributed by atoms with E-state index < -0.39 is 0 Å². The van der Waals surface area contributed by atoms with Crippen molar-refractivity contribution in [1.82, 2.24) is 0 Å². The maximum atomic E-state index is 2.44. The second kappa shape index (κ2) is 10.2. The summed E-state index contributed by atoms with van der Waals surface area (Å²) in [4.78, 5) is 1.38. The second-order valence-corrected chi connectivity index (χ2v) is 12.8. The minimum atomic E-state index is 0.932. The van der Waals surface area contributed by atoms with Gasteiger partial charge in [-0.2, -0.15) is 0 Å². The molecule has 1 aliphatic rings. The van der Waals surface area contributed by atoms with Gasteiger partial charge in [0.25, 0.3) is 0 Å². The molecular weight excluding hydrogens is 549 g/mol. The molecule has 206 valence electrons. The Labute approximate surface area is 261 Å². The van der Waals surface area contributed by atoms with Gasteiger partial charge in [-0.05, 0) is 103 Å². The van der Waals surface area contributed by atoms with Crippen LogP contribution < -0.4 is 0 Å². The van der Waals surface area contributed by atoms with E-state index in [-0.39, 0.29) is 0 Å². The number of allylic oxidation sites excluding steroid dienone is 1. The molecule has 9 rings (SSSR count). The van der Waals surface area contributed by atoms with Crippen LogP contribution in [-0.4, -0.2) is 0 Å². The Balaban J connectivity index is 1.11. The van der Waals surface area contributed by atoms with Gasteiger partial charge in [-0.1, -0.05) is 127 Å². The summed E-state index contributed by atoms with van der Waals surface area (Å²) in [6, 6.07) is 55.9. The van der Waals surface area contributed by atoms with Crippen LogP contribution in [0.25, 0.3) is 69.9 Å². The topological polar surface area (TPSA) is 0 Å². The van der Waals surface area contributed by atoms with Crippen LogP contribution in [0.5, 0.6) is 0 Å². The Morgan fingerprint density at radius 2 is 1.02 bits per heavy atom. The highest BCUT2D eigenvalue weighted by Crippen LogP contribution is 2.47. The first-order valence-corrected chi connectivity index (χ1v) is 16.0. The van der Waals surface area contributed by atoms with Crippen molar-refractivity contribution in [2.75, 3.05) is 0 Å². The molecule has 44 heavy (non-hydrogen) atoms. The number of thiophene rings is 1. The molecule has 0 atom stereocenters. The lowest BCUT2D eigenvalue weighted by Crippen LogP contribution is -1.90. The molecule has 0 amide bonds. The molecule has 8 aromatic rings. The van der Waals surface area contributed by atoms with E-state index in [1.165, 1.54) is 86.6 Å². The molecule has 7 aromatic carbocycles. The van der Waals surface area contributed by atoms with E-state index in [9.17, 15) is 0 Å². The van der Waals surface area contributed by atoms with Crippen LogP contribution in [-0.2, 0) is 6.42 Å². The fourth-order valence-electron chi connectivity index (χ4n) is 6.84. The molecule has 0 fully saturated rings. The van der Waals surface area contributed by atoms with Gasteiger partial charge in [0.05, 0.1) is 0 Å². The molecule has 1 heteroatoms. The number of benzene rings is 7. The third-order valence-electron chi connectivity index (χ3n) is 9.08. The van der Waals surface area contributed by atoms with Crippen LogP contribution in [0, 0.1) is 0 Å². The molecule has 0 bridgehead atoms. The van der Waals surface area contributed by atoms with Crippen LogP contribution in [0.4, 0.5) is 0 Å². The van der Waals surface area contributed by atoms with Crippen LogP contribution in [0.15, 0.2) is 158 Å². The van der Waals surface area contributed by atoms with Crippen molar-refractivity contribution in [2.24, 2.45) is 0 Å². The Bertz CT molecular complexity index is 2420. The Morgan fingerprint density at radius 1 is 0.432 bits per heavy atom. The monoisotopic (exact) mass is 576 g/mol. The predicted molar refractivity (Wildman–Crippen MR) is 190 cm³/mol. The molecule has 1 aromatic heterocycles. The van der Waals surface area contributed by atoms with Crippen molar-refractivity contribution in [3.8, 4) is 32.7 Å². The molecular formula is C43H28S. The number of hydrogen-bond acceptors (Lipinski definition) is 1. The van der Waals surface area contributed by atoms with Gasteiger partial charge in [0.15, 0.2) is 0 Å². The van der Waals surface area contributed by atoms with Crippen molar-refractivity contribution >= 4 is 48.5 Å². The summed E-state index contributed by atoms with van der Waals surface area (Å²) >= 11 is 1.92. The zero-order chi connectivity index (χ0) is 29.0. The summed E-state index contributed by atoms with van der Waals surface area (Å²) in [7, 11) is 0. The van der Waals surface area contributed by atoms with Crippen molar-refractivity contribution in [2.45, 2.75) is 6.42 Å². The summed E-state index contributed by atoms with van der Waals surface area (Å²) in [5.41, 5.74) is 11.7. The smallest absolute Gasteiger partial charge is 0.0436 e. The first-order chi connectivity index (χ1) is 21.8. The lowest BCUT2D eigenvalue weighted by Gasteiger charge is -2.12. The molecule has 0 N–H and O–H groups in total. The first kappa shape index (κ1) is 25.3. The summed E-state index contributed by atoms with van der Waals surface area (Å²) in [5.74, 6) is 0. The average molecular weight is 577 g/mol. The normalized spacial score (nSPS) is 12.6. The van der Waals surface area contributed by atoms with Gasteiger partial charge in [0.1, 0.15) is 0 Å². The summed E-state index contributed by atoms with van der Waals surface area (Å²) in [5, 5.41) is 6.41. The number of fused-ring (bicyclic) bond motifs is 7. The van der Waals surface area contributed by atoms with Crippen molar-refractivity contribution in [1.29, 1.82) is 0 Å². The Hall–Kier alpha value is -5.24. The zero-order valence-electron chi connectivity index (χ0n) is 24.1. The predicted octanol–water partition coefficient (Wildman–Crippen LogP) is 12.2. The minimum absolute atomic E-state index is 0.932. The Morgan fingerprint density at radius 3 is 1.82 bits per heavy atom. The van der Waals surface area contributed by atoms with E-state index in [4.69, 9.17) is 0 Å². The maximum Gasteiger partial charge on any atom is 0.0436 e. The molecule has 0 radical (unpaired) electrons. The number of hydrogen-bond donors (Lipinski definition) is 0. The van der Waals surface area contributed by atoms with E-state index in [1.807, 2.05) is 11.3 Å². The standard InChI is InChI=1S/C43H28S/c1-2-10-30-24-33(17-16-28(30)8-1)35-21-20-34-25-32(18-19-36(34)26-35)31-11-7-12-37(27-31)38-23-22-29-9-3-4-13-39(29)43-42(38)40-14-5-6-15-41(40)44-43/h1-21,23-27H,22H2. The lowest BCUT2D eigenvalue weighted by atomic mass is 9.91. The third-order valence-corrected chi connectivity index (χ3v) is 10.3. The van der Waals surface area contributed by atoms with Crippen molar-refractivity contribution < 1.29 is 0 Å². The molecule has 0 spiro atoms. The van der Waals surface area contributed by atoms with Crippen LogP contribution in [0.1, 0.15) is 16.7 Å². The number of rotatable bonds is 3. The van der Waals surface area contributed by atoms with Gasteiger partial charge in [-0.15, -0.1) is 11.3 Å². The van der Waals surface area contributed by atoms with E-state index in [0.29, 0.717) is 0 Å². The van der Waals surface area contributed by atoms with Gasteiger partial charge < -0.3 is 0 Å². The summed E-state index contributed by atoms with van der Waals surface area (Å²) in [6.07, 6.45) is 3.37. The highest BCUT2D eigenvalue weighted by atomic mass is 32.1. The van der Waals surface area contributed by atoms with E-state index >= 15 is 0 Å². The molecule has 0 nitrogen and oxygen atoms in total. The summed E-state index contributed by atoms with van der Waals surface area (Å²) < 4.78 is 1.34. The molecule has 0 saturated carbocycles. The molecule has 1 heterocycles. The quantitative estimate of drug-likeness (QED) is 0.196. The van der Waals surface area contributed by atoms with Crippen LogP contribution >= 0.6 is 11.3 Å². The van der Waals surface area contributed by atoms with Gasteiger partial charge in [0.2, 0.25) is 0 Å². The molecule has 0 aliphatic heterocycles. The highest BCUT2D eigenvalue weighted by Gasteiger charge is 2.22. The SMILES string of the molecule is C1=C(c2cccc(-c3ccc4cc(-c5ccc6ccccc6c5)ccc4c3)c2)c2c(sc3ccccc23)-c2ccccc2C1. The minimum Gasteiger partial charge on any atom is -0.135 e. The van der Waals surface area contributed by atoms with E-state index in [1.54, 1.807) is 0 Å². The van der Waals surface area contributed by atoms with Crippen molar-refractivity contribution in [3.05, 3.63) is 174 Å². The average Bonchev–Trinajstić information content (AvgIpc) is 3.39. The van der Waals surface area contributed by atoms with Gasteiger partial charge in [-0.25, -0.2) is 0 Å². The fourth-order valence-corrected chi connectivity index (χ4v) is 8.12. The van der Waals surface area contributed by atoms with E-state index in [2.05, 4.69) is 158 Å². The lowest BCUT2D eigenvalue weighted by molar-refractivity contribution is 1.29. The fraction of sp³-hybridized carbons (Fsp3) is 0.0233. The van der Waals surface area contributed by atoms with Crippen LogP contribution in [0.3, 0.4) is 0 Å². The second-order valence-electron chi connectivity index (χ2n) is 11.7.